The molecule has 0 saturated carbocycles. The predicted octanol–water partition coefficient (Wildman–Crippen LogP) is 6.77. The Balaban J connectivity index is 1.79. The van der Waals surface area contributed by atoms with E-state index in [4.69, 9.17) is 4.74 Å². The van der Waals surface area contributed by atoms with Gasteiger partial charge in [-0.3, -0.25) is 9.59 Å². The molecule has 0 aliphatic rings. The number of hydrogen-bond acceptors (Lipinski definition) is 3. The van der Waals surface area contributed by atoms with Crippen molar-refractivity contribution in [3.8, 4) is 5.75 Å². The van der Waals surface area contributed by atoms with Crippen LogP contribution in [-0.2, 0) is 17.9 Å². The van der Waals surface area contributed by atoms with Crippen LogP contribution in [0.5, 0.6) is 5.75 Å². The lowest BCUT2D eigenvalue weighted by molar-refractivity contribution is -0.134. The third kappa shape index (κ3) is 8.22. The maximum Gasteiger partial charge on any atom is 0.254 e. The summed E-state index contributed by atoms with van der Waals surface area (Å²) in [5.74, 6) is 0.689. The number of carbonyl (C=O) groups excluding carboxylic acids is 2. The van der Waals surface area contributed by atoms with Gasteiger partial charge in [-0.2, -0.15) is 0 Å². The molecular formula is C31H40BrN3O3. The van der Waals surface area contributed by atoms with Crippen LogP contribution in [0.1, 0.15) is 68.1 Å². The molecular weight excluding hydrogens is 542 g/mol. The smallest absolute Gasteiger partial charge is 0.254 e. The van der Waals surface area contributed by atoms with Gasteiger partial charge in [0.1, 0.15) is 12.3 Å². The number of methoxy groups -OCH3 is 1. The van der Waals surface area contributed by atoms with E-state index in [0.29, 0.717) is 25.2 Å². The van der Waals surface area contributed by atoms with Gasteiger partial charge in [0.25, 0.3) is 5.91 Å². The van der Waals surface area contributed by atoms with Crippen LogP contribution in [0.4, 0.5) is 0 Å². The van der Waals surface area contributed by atoms with E-state index in [0.717, 1.165) is 47.2 Å². The minimum absolute atomic E-state index is 0.0320. The summed E-state index contributed by atoms with van der Waals surface area (Å²) in [6, 6.07) is 19.5. The van der Waals surface area contributed by atoms with E-state index in [2.05, 4.69) is 53.4 Å². The topological polar surface area (TPSA) is 54.8 Å². The number of amides is 2. The molecule has 38 heavy (non-hydrogen) atoms. The van der Waals surface area contributed by atoms with Gasteiger partial charge in [-0.05, 0) is 73.9 Å². The number of nitrogens with zero attached hydrogens (tertiary/aromatic N) is 3. The highest BCUT2D eigenvalue weighted by Crippen LogP contribution is 2.19. The fraction of sp³-hybridized carbons (Fsp3) is 0.419. The summed E-state index contributed by atoms with van der Waals surface area (Å²) in [6.45, 7) is 8.11. The second kappa shape index (κ2) is 14.8. The van der Waals surface area contributed by atoms with E-state index < -0.39 is 0 Å². The van der Waals surface area contributed by atoms with E-state index in [1.165, 1.54) is 0 Å². The van der Waals surface area contributed by atoms with E-state index in [1.807, 2.05) is 59.6 Å². The zero-order chi connectivity index (χ0) is 27.5. The van der Waals surface area contributed by atoms with E-state index in [9.17, 15) is 9.59 Å². The Bertz CT molecular complexity index is 1180. The molecule has 0 bridgehead atoms. The monoisotopic (exact) mass is 581 g/mol. The molecule has 7 heteroatoms. The maximum atomic E-state index is 13.8. The average molecular weight is 583 g/mol. The average Bonchev–Trinajstić information content (AvgIpc) is 3.37. The second-order valence-electron chi connectivity index (χ2n) is 9.70. The molecule has 6 nitrogen and oxygen atoms in total. The Labute approximate surface area is 235 Å². The lowest BCUT2D eigenvalue weighted by Gasteiger charge is -2.32. The molecule has 2 aromatic carbocycles. The highest BCUT2D eigenvalue weighted by atomic mass is 79.9. The minimum Gasteiger partial charge on any atom is -0.497 e. The Morgan fingerprint density at radius 3 is 2.47 bits per heavy atom. The van der Waals surface area contributed by atoms with Crippen LogP contribution in [0.15, 0.2) is 71.3 Å². The fourth-order valence-electron chi connectivity index (χ4n) is 4.43. The first kappa shape index (κ1) is 29.5. The Kier molecular flexibility index (Phi) is 11.5. The normalized spacial score (nSPS) is 11.7. The molecule has 3 rings (SSSR count). The molecule has 204 valence electrons. The van der Waals surface area contributed by atoms with Crippen molar-refractivity contribution in [1.82, 2.24) is 14.4 Å². The van der Waals surface area contributed by atoms with Crippen molar-refractivity contribution in [2.45, 2.75) is 65.6 Å². The summed E-state index contributed by atoms with van der Waals surface area (Å²) < 4.78 is 8.47. The Morgan fingerprint density at radius 2 is 1.79 bits per heavy atom. The van der Waals surface area contributed by atoms with Crippen LogP contribution in [0.3, 0.4) is 0 Å². The minimum atomic E-state index is -0.104. The number of hydrogen-bond donors (Lipinski definition) is 0. The lowest BCUT2D eigenvalue weighted by atomic mass is 10.1. The lowest BCUT2D eigenvalue weighted by Crippen LogP contribution is -2.46. The fourth-order valence-corrected chi connectivity index (χ4v) is 4.70. The maximum absolute atomic E-state index is 13.8. The highest BCUT2D eigenvalue weighted by molar-refractivity contribution is 9.10. The molecule has 0 radical (unpaired) electrons. The van der Waals surface area contributed by atoms with Gasteiger partial charge in [-0.25, -0.2) is 0 Å². The van der Waals surface area contributed by atoms with Gasteiger partial charge in [-0.15, -0.1) is 0 Å². The van der Waals surface area contributed by atoms with Crippen molar-refractivity contribution < 1.29 is 14.3 Å². The van der Waals surface area contributed by atoms with E-state index in [-0.39, 0.29) is 24.4 Å². The number of unbranched alkanes of at least 4 members (excludes halogenated alkanes) is 2. The van der Waals surface area contributed by atoms with Crippen molar-refractivity contribution in [3.05, 3.63) is 88.2 Å². The predicted molar refractivity (Wildman–Crippen MR) is 156 cm³/mol. The quantitative estimate of drug-likeness (QED) is 0.197. The molecule has 3 aromatic rings. The first-order valence-corrected chi connectivity index (χ1v) is 14.3. The molecule has 2 amide bonds. The second-order valence-corrected chi connectivity index (χ2v) is 10.6. The van der Waals surface area contributed by atoms with Crippen LogP contribution in [-0.4, -0.2) is 52.4 Å². The Hall–Kier alpha value is -3.06. The van der Waals surface area contributed by atoms with Crippen molar-refractivity contribution in [1.29, 1.82) is 0 Å². The van der Waals surface area contributed by atoms with Crippen LogP contribution in [0.2, 0.25) is 0 Å². The van der Waals surface area contributed by atoms with Gasteiger partial charge in [-0.1, -0.05) is 54.8 Å². The highest BCUT2D eigenvalue weighted by Gasteiger charge is 2.25. The van der Waals surface area contributed by atoms with Crippen molar-refractivity contribution in [2.75, 3.05) is 20.2 Å². The van der Waals surface area contributed by atoms with E-state index in [1.54, 1.807) is 12.0 Å². The molecule has 0 aliphatic carbocycles. The van der Waals surface area contributed by atoms with Crippen LogP contribution >= 0.6 is 15.9 Å². The molecule has 1 unspecified atom stereocenters. The van der Waals surface area contributed by atoms with Crippen LogP contribution in [0, 0.1) is 0 Å². The summed E-state index contributed by atoms with van der Waals surface area (Å²) in [7, 11) is 1.67. The molecule has 0 N–H and O–H groups in total. The summed E-state index contributed by atoms with van der Waals surface area (Å²) in [5.41, 5.74) is 2.78. The molecule has 0 aliphatic heterocycles. The number of aromatic nitrogens is 1. The zero-order valence-electron chi connectivity index (χ0n) is 23.0. The summed E-state index contributed by atoms with van der Waals surface area (Å²) in [5, 5.41) is 0. The Morgan fingerprint density at radius 1 is 1.03 bits per heavy atom. The molecule has 0 saturated heterocycles. The first-order valence-electron chi connectivity index (χ1n) is 13.5. The van der Waals surface area contributed by atoms with Crippen molar-refractivity contribution >= 4 is 27.7 Å². The SMILES string of the molecule is CCCCCN(CC(=O)N(Cc1cccn1Cc1cccc(OC)c1)C(C)CC)C(=O)c1ccc(Br)cc1. The van der Waals surface area contributed by atoms with Gasteiger partial charge in [0.15, 0.2) is 0 Å². The van der Waals surface area contributed by atoms with Gasteiger partial charge < -0.3 is 19.1 Å². The largest absolute Gasteiger partial charge is 0.497 e. The summed E-state index contributed by atoms with van der Waals surface area (Å²) >= 11 is 3.43. The summed E-state index contributed by atoms with van der Waals surface area (Å²) in [4.78, 5) is 30.8. The zero-order valence-corrected chi connectivity index (χ0v) is 24.6. The third-order valence-electron chi connectivity index (χ3n) is 6.92. The van der Waals surface area contributed by atoms with E-state index >= 15 is 0 Å². The molecule has 1 heterocycles. The molecule has 0 spiro atoms. The third-order valence-corrected chi connectivity index (χ3v) is 7.45. The number of rotatable bonds is 14. The van der Waals surface area contributed by atoms with Crippen LogP contribution < -0.4 is 4.74 Å². The van der Waals surface area contributed by atoms with Gasteiger partial charge in [0.2, 0.25) is 5.91 Å². The standard InChI is InChI=1S/C31H40BrN3O3/c1-5-7-8-18-34(31(37)26-14-16-27(32)17-15-26)23-30(36)35(24(3)6-2)22-28-12-10-19-33(28)21-25-11-9-13-29(20-25)38-4/h9-17,19-20,24H,5-8,18,21-23H2,1-4H3. The van der Waals surface area contributed by atoms with Crippen molar-refractivity contribution in [2.24, 2.45) is 0 Å². The summed E-state index contributed by atoms with van der Waals surface area (Å²) in [6.07, 6.45) is 5.82. The number of halogens is 1. The van der Waals surface area contributed by atoms with Gasteiger partial charge >= 0.3 is 0 Å². The number of ether oxygens (including phenoxy) is 1. The van der Waals surface area contributed by atoms with Crippen molar-refractivity contribution in [3.63, 3.8) is 0 Å². The molecule has 1 aromatic heterocycles. The molecule has 1 atom stereocenters. The molecule has 0 fully saturated rings. The van der Waals surface area contributed by atoms with Gasteiger partial charge in [0.05, 0.1) is 13.7 Å². The van der Waals surface area contributed by atoms with Gasteiger partial charge in [0, 0.05) is 41.1 Å². The first-order chi connectivity index (χ1) is 18.4. The number of carbonyl (C=O) groups is 2. The number of benzene rings is 2. The van der Waals surface area contributed by atoms with Crippen LogP contribution in [0.25, 0.3) is 0 Å².